The Morgan fingerprint density at radius 1 is 0.655 bits per heavy atom. The second kappa shape index (κ2) is 8.18. The molecule has 0 fully saturated rings. The first-order chi connectivity index (χ1) is 13.0. The quantitative estimate of drug-likeness (QED) is 0.467. The third kappa shape index (κ3) is 3.40. The van der Waals surface area contributed by atoms with Crippen LogP contribution in [0.15, 0.2) is 54.6 Å². The fourth-order valence-electron chi connectivity index (χ4n) is 4.99. The predicted molar refractivity (Wildman–Crippen MR) is 110 cm³/mol. The monoisotopic (exact) mass is 495 g/mol. The number of aryl methyl sites for hydroxylation is 3. The van der Waals surface area contributed by atoms with Crippen molar-refractivity contribution in [3.8, 4) is 11.1 Å². The van der Waals surface area contributed by atoms with Crippen LogP contribution in [0.4, 0.5) is 0 Å². The van der Waals surface area contributed by atoms with E-state index in [0.717, 1.165) is 0 Å². The Labute approximate surface area is 201 Å². The molecular formula is C26H23Cl2Zr. The fraction of sp³-hybridized carbons (Fsp3) is 0.231. The Morgan fingerprint density at radius 2 is 1.24 bits per heavy atom. The van der Waals surface area contributed by atoms with E-state index in [1.54, 1.807) is 35.8 Å². The number of hydrogen-bond acceptors (Lipinski definition) is 0. The molecule has 0 nitrogen and oxygen atoms in total. The minimum absolute atomic E-state index is 0. The molecule has 3 aromatic carbocycles. The fourth-order valence-corrected chi connectivity index (χ4v) is 6.34. The van der Waals surface area contributed by atoms with Crippen molar-refractivity contribution in [2.24, 2.45) is 0 Å². The molecule has 2 unspecified atom stereocenters. The van der Waals surface area contributed by atoms with Crippen LogP contribution in [-0.2, 0) is 24.7 Å². The maximum Gasteiger partial charge on any atom is -1.00 e. The molecule has 2 aliphatic carbocycles. The maximum absolute atomic E-state index is 2.49. The molecule has 0 spiro atoms. The van der Waals surface area contributed by atoms with Crippen molar-refractivity contribution in [2.45, 2.75) is 37.2 Å². The summed E-state index contributed by atoms with van der Waals surface area (Å²) in [6.07, 6.45) is 2.49. The summed E-state index contributed by atoms with van der Waals surface area (Å²) in [6.45, 7) is 8.98. The molecule has 0 bridgehead atoms. The van der Waals surface area contributed by atoms with Gasteiger partial charge in [-0.1, -0.05) is 0 Å². The minimum Gasteiger partial charge on any atom is -1.00 e. The topological polar surface area (TPSA) is 0 Å². The van der Waals surface area contributed by atoms with Crippen molar-refractivity contribution in [1.29, 1.82) is 0 Å². The Hall–Kier alpha value is -1.14. The van der Waals surface area contributed by atoms with Gasteiger partial charge in [0.1, 0.15) is 0 Å². The SMILES string of the molecule is CC1=CC(c2c(C)ccc3c2[CH]([Zr+2])c2cc(C)ccc2-3)c2cc(C)ccc21.[Cl-].[Cl-]. The van der Waals surface area contributed by atoms with E-state index in [1.807, 2.05) is 0 Å². The van der Waals surface area contributed by atoms with E-state index >= 15 is 0 Å². The zero-order chi connectivity index (χ0) is 18.9. The van der Waals surface area contributed by atoms with Crippen LogP contribution in [-0.4, -0.2) is 0 Å². The number of allylic oxidation sites excluding steroid dienone is 2. The number of rotatable bonds is 1. The molecule has 3 aromatic rings. The molecule has 0 saturated heterocycles. The summed E-state index contributed by atoms with van der Waals surface area (Å²) < 4.78 is 0.541. The summed E-state index contributed by atoms with van der Waals surface area (Å²) >= 11 is 1.58. The molecule has 29 heavy (non-hydrogen) atoms. The van der Waals surface area contributed by atoms with Gasteiger partial charge in [-0.25, -0.2) is 0 Å². The van der Waals surface area contributed by atoms with Gasteiger partial charge in [0.2, 0.25) is 0 Å². The van der Waals surface area contributed by atoms with Gasteiger partial charge in [0.25, 0.3) is 0 Å². The van der Waals surface area contributed by atoms with E-state index in [4.69, 9.17) is 0 Å². The summed E-state index contributed by atoms with van der Waals surface area (Å²) in [6, 6.07) is 18.6. The van der Waals surface area contributed by atoms with Crippen molar-refractivity contribution in [3.05, 3.63) is 99.1 Å². The van der Waals surface area contributed by atoms with Crippen molar-refractivity contribution in [3.63, 3.8) is 0 Å². The summed E-state index contributed by atoms with van der Waals surface area (Å²) in [7, 11) is 0. The minimum atomic E-state index is 0. The van der Waals surface area contributed by atoms with E-state index in [1.165, 1.54) is 50.1 Å². The van der Waals surface area contributed by atoms with Gasteiger partial charge in [0.05, 0.1) is 0 Å². The number of halogens is 2. The molecule has 2 atom stereocenters. The van der Waals surface area contributed by atoms with E-state index in [9.17, 15) is 0 Å². The van der Waals surface area contributed by atoms with E-state index in [2.05, 4.69) is 82.3 Å². The Morgan fingerprint density at radius 3 is 1.93 bits per heavy atom. The number of fused-ring (bicyclic) bond motifs is 4. The van der Waals surface area contributed by atoms with E-state index < -0.39 is 0 Å². The third-order valence-electron chi connectivity index (χ3n) is 6.30. The zero-order valence-electron chi connectivity index (χ0n) is 17.1. The molecule has 0 aliphatic heterocycles. The van der Waals surface area contributed by atoms with Crippen LogP contribution in [0.25, 0.3) is 16.7 Å². The van der Waals surface area contributed by atoms with Gasteiger partial charge in [0.15, 0.2) is 0 Å². The van der Waals surface area contributed by atoms with Gasteiger partial charge < -0.3 is 24.8 Å². The molecule has 2 aliphatic rings. The number of hydrogen-bond donors (Lipinski definition) is 0. The molecule has 0 aromatic heterocycles. The predicted octanol–water partition coefficient (Wildman–Crippen LogP) is 0.785. The maximum atomic E-state index is 2.49. The summed E-state index contributed by atoms with van der Waals surface area (Å²) in [5, 5.41) is 0. The molecule has 0 N–H and O–H groups in total. The zero-order valence-corrected chi connectivity index (χ0v) is 21.1. The molecule has 0 amide bonds. The van der Waals surface area contributed by atoms with Crippen LogP contribution < -0.4 is 24.8 Å². The van der Waals surface area contributed by atoms with Gasteiger partial charge in [-0.15, -0.1) is 0 Å². The average Bonchev–Trinajstić information content (AvgIpc) is 3.10. The van der Waals surface area contributed by atoms with Crippen LogP contribution in [0.3, 0.4) is 0 Å². The summed E-state index contributed by atoms with van der Waals surface area (Å²) in [4.78, 5) is 0. The van der Waals surface area contributed by atoms with Crippen molar-refractivity contribution >= 4 is 5.57 Å². The van der Waals surface area contributed by atoms with Crippen molar-refractivity contribution in [1.82, 2.24) is 0 Å². The molecule has 3 heteroatoms. The smallest absolute Gasteiger partial charge is 1.00 e. The Bertz CT molecular complexity index is 1140. The molecule has 0 radical (unpaired) electrons. The second-order valence-corrected chi connectivity index (χ2v) is 9.62. The van der Waals surface area contributed by atoms with Gasteiger partial charge in [-0.05, 0) is 0 Å². The van der Waals surface area contributed by atoms with Crippen LogP contribution >= 0.6 is 0 Å². The van der Waals surface area contributed by atoms with Gasteiger partial charge in [-0.3, -0.25) is 0 Å². The van der Waals surface area contributed by atoms with Crippen molar-refractivity contribution < 1.29 is 49.5 Å². The number of benzene rings is 3. The van der Waals surface area contributed by atoms with E-state index in [0.29, 0.717) is 9.54 Å². The largest absolute Gasteiger partial charge is 1.00 e. The average molecular weight is 498 g/mol. The Balaban J connectivity index is 0.00000120. The van der Waals surface area contributed by atoms with Gasteiger partial charge >= 0.3 is 178 Å². The van der Waals surface area contributed by atoms with Crippen molar-refractivity contribution in [2.75, 3.05) is 0 Å². The van der Waals surface area contributed by atoms with E-state index in [-0.39, 0.29) is 24.8 Å². The van der Waals surface area contributed by atoms with Crippen LogP contribution in [0.5, 0.6) is 0 Å². The molecule has 0 heterocycles. The molecular weight excluding hydrogens is 474 g/mol. The third-order valence-corrected chi connectivity index (χ3v) is 7.77. The molecule has 5 rings (SSSR count). The standard InChI is InChI=1S/C26H23.2ClH.Zr/c1-15-6-9-21-19(11-15)14-25-22(21)10-7-17(3)26(25)24-13-18(4)20-8-5-16(2)12-23(20)24;;;/h5-14,24H,1-4H3;2*1H;/q;;;+2/p-2. The van der Waals surface area contributed by atoms with Gasteiger partial charge in [0, 0.05) is 0 Å². The first-order valence-electron chi connectivity index (χ1n) is 9.70. The summed E-state index contributed by atoms with van der Waals surface area (Å²) in [5.74, 6) is 0.383. The second-order valence-electron chi connectivity index (χ2n) is 8.20. The first-order valence-corrected chi connectivity index (χ1v) is 11.1. The molecule has 145 valence electrons. The Kier molecular flexibility index (Phi) is 6.36. The van der Waals surface area contributed by atoms with Crippen LogP contribution in [0.2, 0.25) is 0 Å². The van der Waals surface area contributed by atoms with Gasteiger partial charge in [-0.2, -0.15) is 0 Å². The normalized spacial score (nSPS) is 18.2. The van der Waals surface area contributed by atoms with Crippen LogP contribution in [0.1, 0.15) is 61.0 Å². The first kappa shape index (κ1) is 22.5. The van der Waals surface area contributed by atoms with Crippen LogP contribution in [0, 0.1) is 20.8 Å². The summed E-state index contributed by atoms with van der Waals surface area (Å²) in [5.41, 5.74) is 16.0. The molecule has 0 saturated carbocycles.